The average Bonchev–Trinajstić information content (AvgIpc) is 1.58. The summed E-state index contributed by atoms with van der Waals surface area (Å²) in [6, 6.07) is 199. The van der Waals surface area contributed by atoms with Crippen LogP contribution in [0.3, 0.4) is 0 Å². The summed E-state index contributed by atoms with van der Waals surface area (Å²) in [5.41, 5.74) is 37.1. The van der Waals surface area contributed by atoms with Crippen molar-refractivity contribution in [3.63, 3.8) is 0 Å². The van der Waals surface area contributed by atoms with Gasteiger partial charge in [0.2, 0.25) is 0 Å². The van der Waals surface area contributed by atoms with Crippen molar-refractivity contribution in [3.8, 4) is 106 Å². The molecule has 652 valence electrons. The second-order valence-electron chi connectivity index (χ2n) is 34.7. The van der Waals surface area contributed by atoms with Gasteiger partial charge < -0.3 is 23.7 Å². The van der Waals surface area contributed by atoms with Gasteiger partial charge in [-0.2, -0.15) is 0 Å². The van der Waals surface area contributed by atoms with E-state index in [4.69, 9.17) is 4.42 Å². The fourth-order valence-electron chi connectivity index (χ4n) is 19.2. The van der Waals surface area contributed by atoms with Crippen molar-refractivity contribution in [1.82, 2.24) is 4.57 Å². The minimum atomic E-state index is 0.913. The van der Waals surface area contributed by atoms with Crippen molar-refractivity contribution in [3.05, 3.63) is 558 Å². The topological polar surface area (TPSA) is 27.8 Å². The fraction of sp³-hybridized carbons (Fsp3) is 0. The van der Waals surface area contributed by atoms with Crippen LogP contribution in [0.2, 0.25) is 0 Å². The number of aromatic nitrogens is 1. The van der Waals surface area contributed by atoms with Gasteiger partial charge in [0.05, 0.1) is 11.0 Å². The summed E-state index contributed by atoms with van der Waals surface area (Å²) < 4.78 is 11.1. The lowest BCUT2D eigenvalue weighted by Gasteiger charge is -2.26. The third kappa shape index (κ3) is 17.5. The van der Waals surface area contributed by atoms with Gasteiger partial charge in [-0.25, -0.2) is 0 Å². The number of furan rings is 1. The van der Waals surface area contributed by atoms with E-state index in [2.05, 4.69) is 565 Å². The molecule has 3 heterocycles. The van der Waals surface area contributed by atoms with Gasteiger partial charge in [0.25, 0.3) is 0 Å². The van der Waals surface area contributed by atoms with Crippen molar-refractivity contribution >= 4 is 126 Å². The summed E-state index contributed by atoms with van der Waals surface area (Å²) in [6.45, 7) is 0. The highest BCUT2D eigenvalue weighted by Gasteiger charge is 2.22. The Labute approximate surface area is 808 Å². The quantitative estimate of drug-likeness (QED) is 0.0806. The Morgan fingerprint density at radius 1 is 0.145 bits per heavy atom. The molecule has 0 bridgehead atoms. The Morgan fingerprint density at radius 3 is 0.732 bits per heavy atom. The lowest BCUT2D eigenvalue weighted by molar-refractivity contribution is 0.669. The lowest BCUT2D eigenvalue weighted by Crippen LogP contribution is -2.09. The van der Waals surface area contributed by atoms with Crippen molar-refractivity contribution in [2.24, 2.45) is 0 Å². The van der Waals surface area contributed by atoms with Gasteiger partial charge in [-0.05, 0) is 270 Å². The molecule has 0 aliphatic carbocycles. The normalized spacial score (nSPS) is 11.2. The predicted molar refractivity (Wildman–Crippen MR) is 587 cm³/mol. The Bertz CT molecular complexity index is 8240. The lowest BCUT2D eigenvalue weighted by atomic mass is 10.0. The molecule has 3 aromatic heterocycles. The number of fused-ring (bicyclic) bond motifs is 9. The molecule has 0 unspecified atom stereocenters. The van der Waals surface area contributed by atoms with Crippen molar-refractivity contribution in [2.45, 2.75) is 0 Å². The minimum absolute atomic E-state index is 0.913. The third-order valence-electron chi connectivity index (χ3n) is 26.2. The molecular formula is C132H92N4OS. The number of benzene rings is 22. The van der Waals surface area contributed by atoms with E-state index in [9.17, 15) is 0 Å². The molecule has 5 nitrogen and oxygen atoms in total. The SMILES string of the molecule is c1ccc(-c2ccc(N(c3ccc(-c4ccccc4)cc3)c3ccc(-c4ccc5c(c4)c4ccccc4n5-c4ccccc4)cc3)cc2)cc1.c1ccc(-c2ccc(N(c3ccc(-c4ccccc4)cc3)c3ccc(-c4ccc5c(c4)sc4ccccc45)cc3)cc2)cc1.c1ccc(-c2ccc(N(c3ccc(-c4ccccc4)cc3)c3ccc(-c4ccc5oc6ccccc6c5c4)cc3)cc2)cc1. The zero-order valence-electron chi connectivity index (χ0n) is 75.7. The van der Waals surface area contributed by atoms with E-state index in [-0.39, 0.29) is 0 Å². The molecular weight excluding hydrogens is 1690 g/mol. The summed E-state index contributed by atoms with van der Waals surface area (Å²) in [6.07, 6.45) is 0. The number of nitrogens with zero attached hydrogens (tertiary/aromatic N) is 4. The molecule has 6 heteroatoms. The van der Waals surface area contributed by atoms with E-state index in [0.29, 0.717) is 0 Å². The van der Waals surface area contributed by atoms with E-state index >= 15 is 0 Å². The summed E-state index contributed by atoms with van der Waals surface area (Å²) in [7, 11) is 0. The first-order valence-electron chi connectivity index (χ1n) is 47.0. The van der Waals surface area contributed by atoms with Gasteiger partial charge in [0.1, 0.15) is 11.2 Å². The van der Waals surface area contributed by atoms with Crippen LogP contribution in [0.4, 0.5) is 51.2 Å². The molecule has 22 aromatic carbocycles. The van der Waals surface area contributed by atoms with E-state index < -0.39 is 0 Å². The molecule has 0 atom stereocenters. The Morgan fingerprint density at radius 2 is 0.377 bits per heavy atom. The first-order chi connectivity index (χ1) is 68.4. The van der Waals surface area contributed by atoms with Gasteiger partial charge in [-0.1, -0.05) is 388 Å². The monoisotopic (exact) mass is 1780 g/mol. The van der Waals surface area contributed by atoms with Crippen LogP contribution in [0.15, 0.2) is 563 Å². The maximum absolute atomic E-state index is 6.06. The van der Waals surface area contributed by atoms with E-state index in [1.54, 1.807) is 0 Å². The van der Waals surface area contributed by atoms with Crippen LogP contribution in [-0.2, 0) is 0 Å². The van der Waals surface area contributed by atoms with Crippen LogP contribution in [-0.4, -0.2) is 4.57 Å². The van der Waals surface area contributed by atoms with Crippen molar-refractivity contribution in [2.75, 3.05) is 14.7 Å². The second-order valence-corrected chi connectivity index (χ2v) is 35.7. The molecule has 25 aromatic rings. The largest absolute Gasteiger partial charge is 0.456 e. The summed E-state index contributed by atoms with van der Waals surface area (Å²) in [4.78, 5) is 6.99. The van der Waals surface area contributed by atoms with E-state index in [0.717, 1.165) is 73.1 Å². The van der Waals surface area contributed by atoms with Gasteiger partial charge in [0.15, 0.2) is 0 Å². The number of anilines is 9. The first-order valence-corrected chi connectivity index (χ1v) is 47.8. The molecule has 0 saturated heterocycles. The number of thiophene rings is 1. The molecule has 25 rings (SSSR count). The highest BCUT2D eigenvalue weighted by atomic mass is 32.1. The van der Waals surface area contributed by atoms with Gasteiger partial charge in [-0.15, -0.1) is 11.3 Å². The standard InChI is InChI=1S/C48H34N2.C42H29NO.C42H29NS/c1-4-12-35(13-5-1)37-20-27-42(28-21-37)49(43-29-22-38(23-30-43)36-14-6-2-7-15-36)44-31-24-39(25-32-44)40-26-33-48-46(34-40)45-18-10-11-19-47(45)50(48)41-16-8-3-9-17-41;1-3-9-30(10-4-1)32-15-22-36(23-16-32)43(37-24-17-33(18-25-37)31-11-5-2-6-12-31)38-26-19-34(20-27-38)35-21-28-42-40(29-35)39-13-7-8-14-41(39)44-42;1-3-9-30(10-4-1)32-15-22-36(23-16-32)43(37-24-17-33(18-25-37)31-11-5-2-6-12-31)38-26-19-34(20-27-38)35-21-28-40-39-13-7-8-14-41(39)44-42(40)29-35/h1-34H;2*1-29H. The predicted octanol–water partition coefficient (Wildman–Crippen LogP) is 37.8. The molecule has 0 aliphatic rings. The van der Waals surface area contributed by atoms with E-state index in [1.807, 2.05) is 23.5 Å². The second kappa shape index (κ2) is 38.3. The molecule has 0 saturated carbocycles. The van der Waals surface area contributed by atoms with Crippen LogP contribution in [0.1, 0.15) is 0 Å². The highest BCUT2D eigenvalue weighted by Crippen LogP contribution is 2.46. The molecule has 0 fully saturated rings. The third-order valence-corrected chi connectivity index (χ3v) is 27.3. The number of para-hydroxylation sites is 3. The number of hydrogen-bond donors (Lipinski definition) is 0. The Balaban J connectivity index is 0.000000116. The molecule has 0 spiro atoms. The molecule has 0 aliphatic heterocycles. The van der Waals surface area contributed by atoms with Crippen LogP contribution in [0.25, 0.3) is 170 Å². The maximum atomic E-state index is 6.06. The minimum Gasteiger partial charge on any atom is -0.456 e. The summed E-state index contributed by atoms with van der Waals surface area (Å²) in [5, 5.41) is 7.46. The van der Waals surface area contributed by atoms with E-state index in [1.165, 1.54) is 148 Å². The molecule has 0 radical (unpaired) electrons. The Hall–Kier alpha value is -17.9. The zero-order valence-corrected chi connectivity index (χ0v) is 76.5. The van der Waals surface area contributed by atoms with Gasteiger partial charge >= 0.3 is 0 Å². The van der Waals surface area contributed by atoms with Crippen LogP contribution in [0.5, 0.6) is 0 Å². The van der Waals surface area contributed by atoms with Crippen molar-refractivity contribution < 1.29 is 4.42 Å². The number of hydrogen-bond acceptors (Lipinski definition) is 5. The summed E-state index contributed by atoms with van der Waals surface area (Å²) in [5.74, 6) is 0. The van der Waals surface area contributed by atoms with Crippen LogP contribution in [0, 0.1) is 0 Å². The Kier molecular flexibility index (Phi) is 23.4. The van der Waals surface area contributed by atoms with Gasteiger partial charge in [0, 0.05) is 98.6 Å². The first kappa shape index (κ1) is 84.3. The molecule has 0 N–H and O–H groups in total. The number of rotatable bonds is 19. The summed E-state index contributed by atoms with van der Waals surface area (Å²) >= 11 is 1.86. The van der Waals surface area contributed by atoms with Crippen molar-refractivity contribution in [1.29, 1.82) is 0 Å². The van der Waals surface area contributed by atoms with Crippen LogP contribution < -0.4 is 14.7 Å². The van der Waals surface area contributed by atoms with Crippen LogP contribution >= 0.6 is 11.3 Å². The fourth-order valence-corrected chi connectivity index (χ4v) is 20.3. The average molecular weight is 1780 g/mol. The molecule has 138 heavy (non-hydrogen) atoms. The molecule has 0 amide bonds. The van der Waals surface area contributed by atoms with Gasteiger partial charge in [-0.3, -0.25) is 0 Å². The zero-order chi connectivity index (χ0) is 91.9. The smallest absolute Gasteiger partial charge is 0.135 e. The highest BCUT2D eigenvalue weighted by molar-refractivity contribution is 7.25. The maximum Gasteiger partial charge on any atom is 0.135 e.